The molecular formula is C21H20N2O5S. The summed E-state index contributed by atoms with van der Waals surface area (Å²) in [5.41, 5.74) is 0.990. The topological polar surface area (TPSA) is 92.8 Å². The Hall–Kier alpha value is -3.13. The van der Waals surface area contributed by atoms with Crippen LogP contribution >= 0.6 is 11.8 Å². The van der Waals surface area contributed by atoms with E-state index >= 15 is 0 Å². The fraction of sp³-hybridized carbons (Fsp3) is 0.238. The molecule has 0 saturated heterocycles. The number of ether oxygens (including phenoxy) is 1. The third-order valence-corrected chi connectivity index (χ3v) is 5.09. The van der Waals surface area contributed by atoms with E-state index in [4.69, 9.17) is 4.74 Å². The number of imide groups is 1. The van der Waals surface area contributed by atoms with Gasteiger partial charge in [-0.15, -0.1) is 0 Å². The van der Waals surface area contributed by atoms with Gasteiger partial charge in [-0.05, 0) is 42.7 Å². The molecule has 1 heterocycles. The first-order chi connectivity index (χ1) is 14.0. The molecule has 0 radical (unpaired) electrons. The van der Waals surface area contributed by atoms with Gasteiger partial charge in [0.1, 0.15) is 6.04 Å². The molecule has 1 N–H and O–H groups in total. The van der Waals surface area contributed by atoms with Crippen molar-refractivity contribution < 1.29 is 23.9 Å². The number of thioether (sulfide) groups is 1. The van der Waals surface area contributed by atoms with Crippen LogP contribution in [-0.4, -0.2) is 53.4 Å². The van der Waals surface area contributed by atoms with Crippen molar-refractivity contribution in [1.29, 1.82) is 0 Å². The van der Waals surface area contributed by atoms with Crippen molar-refractivity contribution in [3.05, 3.63) is 71.3 Å². The van der Waals surface area contributed by atoms with Crippen molar-refractivity contribution in [3.8, 4) is 0 Å². The molecule has 0 saturated carbocycles. The van der Waals surface area contributed by atoms with E-state index in [-0.39, 0.29) is 11.1 Å². The number of nitrogens with one attached hydrogen (secondary N) is 1. The molecule has 1 atom stereocenters. The lowest BCUT2D eigenvalue weighted by Gasteiger charge is -2.20. The summed E-state index contributed by atoms with van der Waals surface area (Å²) in [6, 6.07) is 14.1. The summed E-state index contributed by atoms with van der Waals surface area (Å²) in [6.07, 6.45) is 2.25. The summed E-state index contributed by atoms with van der Waals surface area (Å²) in [5, 5.41) is 2.67. The zero-order valence-corrected chi connectivity index (χ0v) is 16.6. The van der Waals surface area contributed by atoms with Crippen molar-refractivity contribution in [2.75, 3.05) is 18.7 Å². The van der Waals surface area contributed by atoms with E-state index in [9.17, 15) is 19.2 Å². The number of carbonyl (C=O) groups excluding carboxylic acids is 4. The SMILES string of the molecule is CSCC[C@H](NC(=O)c1ccccc1)C(=O)OCN1C(=O)c2ccccc2C1=O. The summed E-state index contributed by atoms with van der Waals surface area (Å²) in [4.78, 5) is 50.6. The largest absolute Gasteiger partial charge is 0.442 e. The predicted octanol–water partition coefficient (Wildman–Crippen LogP) is 2.33. The molecule has 0 aliphatic carbocycles. The predicted molar refractivity (Wildman–Crippen MR) is 109 cm³/mol. The van der Waals surface area contributed by atoms with E-state index in [0.717, 1.165) is 4.90 Å². The molecule has 0 unspecified atom stereocenters. The normalized spacial score (nSPS) is 13.8. The van der Waals surface area contributed by atoms with Gasteiger partial charge in [0.25, 0.3) is 17.7 Å². The monoisotopic (exact) mass is 412 g/mol. The smallest absolute Gasteiger partial charge is 0.330 e. The van der Waals surface area contributed by atoms with Crippen LogP contribution in [0, 0.1) is 0 Å². The van der Waals surface area contributed by atoms with Crippen LogP contribution in [-0.2, 0) is 9.53 Å². The molecule has 0 aromatic heterocycles. The number of benzene rings is 2. The van der Waals surface area contributed by atoms with Gasteiger partial charge in [-0.2, -0.15) is 11.8 Å². The van der Waals surface area contributed by atoms with E-state index in [0.29, 0.717) is 17.7 Å². The fourth-order valence-electron chi connectivity index (χ4n) is 2.90. The molecule has 8 heteroatoms. The van der Waals surface area contributed by atoms with E-state index in [1.54, 1.807) is 54.6 Å². The first-order valence-corrected chi connectivity index (χ1v) is 10.4. The zero-order valence-electron chi connectivity index (χ0n) is 15.8. The molecule has 150 valence electrons. The summed E-state index contributed by atoms with van der Waals surface area (Å²) >= 11 is 1.53. The minimum absolute atomic E-state index is 0.282. The van der Waals surface area contributed by atoms with Gasteiger partial charge >= 0.3 is 5.97 Å². The summed E-state index contributed by atoms with van der Waals surface area (Å²) in [5.74, 6) is -1.48. The molecule has 1 aliphatic rings. The van der Waals surface area contributed by atoms with Gasteiger partial charge in [0.2, 0.25) is 0 Å². The number of fused-ring (bicyclic) bond motifs is 1. The number of nitrogens with zero attached hydrogens (tertiary/aromatic N) is 1. The van der Waals surface area contributed by atoms with E-state index in [2.05, 4.69) is 5.32 Å². The quantitative estimate of drug-likeness (QED) is 0.528. The second-order valence-electron chi connectivity index (χ2n) is 6.35. The minimum atomic E-state index is -0.884. The summed E-state index contributed by atoms with van der Waals surface area (Å²) in [7, 11) is 0. The van der Waals surface area contributed by atoms with Gasteiger partial charge in [0.15, 0.2) is 6.73 Å². The van der Waals surface area contributed by atoms with Gasteiger partial charge in [-0.1, -0.05) is 30.3 Å². The highest BCUT2D eigenvalue weighted by atomic mass is 32.2. The van der Waals surface area contributed by atoms with Crippen molar-refractivity contribution in [2.24, 2.45) is 0 Å². The molecule has 3 rings (SSSR count). The lowest BCUT2D eigenvalue weighted by atomic mass is 10.1. The summed E-state index contributed by atoms with van der Waals surface area (Å²) < 4.78 is 5.22. The van der Waals surface area contributed by atoms with Crippen LogP contribution in [0.5, 0.6) is 0 Å². The number of carbonyl (C=O) groups is 4. The van der Waals surface area contributed by atoms with Crippen LogP contribution in [0.1, 0.15) is 37.5 Å². The van der Waals surface area contributed by atoms with Gasteiger partial charge in [-0.3, -0.25) is 14.4 Å². The molecular weight excluding hydrogens is 392 g/mol. The second kappa shape index (κ2) is 9.38. The van der Waals surface area contributed by atoms with Crippen molar-refractivity contribution in [2.45, 2.75) is 12.5 Å². The maximum Gasteiger partial charge on any atom is 0.330 e. The highest BCUT2D eigenvalue weighted by Gasteiger charge is 2.36. The van der Waals surface area contributed by atoms with Crippen LogP contribution in [0.25, 0.3) is 0 Å². The molecule has 2 aromatic rings. The highest BCUT2D eigenvalue weighted by molar-refractivity contribution is 7.98. The Morgan fingerprint density at radius 3 is 2.17 bits per heavy atom. The molecule has 29 heavy (non-hydrogen) atoms. The molecule has 0 bridgehead atoms. The lowest BCUT2D eigenvalue weighted by Crippen LogP contribution is -2.44. The zero-order chi connectivity index (χ0) is 20.8. The van der Waals surface area contributed by atoms with E-state index < -0.39 is 36.5 Å². The van der Waals surface area contributed by atoms with Crippen molar-refractivity contribution in [3.63, 3.8) is 0 Å². The Kier molecular flexibility index (Phi) is 6.66. The second-order valence-corrected chi connectivity index (χ2v) is 7.34. The van der Waals surface area contributed by atoms with Gasteiger partial charge < -0.3 is 10.1 Å². The van der Waals surface area contributed by atoms with Crippen molar-refractivity contribution in [1.82, 2.24) is 10.2 Å². The molecule has 3 amide bonds. The van der Waals surface area contributed by atoms with Gasteiger partial charge in [-0.25, -0.2) is 9.69 Å². The molecule has 2 aromatic carbocycles. The number of amides is 3. The number of hydrogen-bond donors (Lipinski definition) is 1. The van der Waals surface area contributed by atoms with Crippen LogP contribution in [0.4, 0.5) is 0 Å². The molecule has 0 spiro atoms. The maximum absolute atomic E-state index is 12.6. The van der Waals surface area contributed by atoms with Crippen LogP contribution < -0.4 is 5.32 Å². The average molecular weight is 412 g/mol. The Bertz CT molecular complexity index is 897. The van der Waals surface area contributed by atoms with Crippen LogP contribution in [0.2, 0.25) is 0 Å². The minimum Gasteiger partial charge on any atom is -0.442 e. The first-order valence-electron chi connectivity index (χ1n) is 8.99. The third-order valence-electron chi connectivity index (χ3n) is 4.45. The van der Waals surface area contributed by atoms with E-state index in [1.807, 2.05) is 6.26 Å². The highest BCUT2D eigenvalue weighted by Crippen LogP contribution is 2.22. The molecule has 7 nitrogen and oxygen atoms in total. The Morgan fingerprint density at radius 1 is 1.00 bits per heavy atom. The van der Waals surface area contributed by atoms with E-state index in [1.165, 1.54) is 11.8 Å². The number of hydrogen-bond acceptors (Lipinski definition) is 6. The van der Waals surface area contributed by atoms with Gasteiger partial charge in [0.05, 0.1) is 11.1 Å². The summed E-state index contributed by atoms with van der Waals surface area (Å²) in [6.45, 7) is -0.498. The van der Waals surface area contributed by atoms with Crippen LogP contribution in [0.15, 0.2) is 54.6 Å². The average Bonchev–Trinajstić information content (AvgIpc) is 3.00. The Labute approximate surface area is 172 Å². The van der Waals surface area contributed by atoms with Crippen LogP contribution in [0.3, 0.4) is 0 Å². The third kappa shape index (κ3) is 4.65. The molecule has 1 aliphatic heterocycles. The maximum atomic E-state index is 12.6. The van der Waals surface area contributed by atoms with Gasteiger partial charge in [0, 0.05) is 5.56 Å². The standard InChI is InChI=1S/C21H20N2O5S/c1-29-12-11-17(22-18(24)14-7-3-2-4-8-14)21(27)28-13-23-19(25)15-9-5-6-10-16(15)20(23)26/h2-10,17H,11-13H2,1H3,(H,22,24)/t17-/m0/s1. The fourth-order valence-corrected chi connectivity index (χ4v) is 3.37. The Morgan fingerprint density at radius 2 is 1.59 bits per heavy atom. The molecule has 0 fully saturated rings. The Balaban J connectivity index is 1.64. The number of esters is 1. The van der Waals surface area contributed by atoms with Crippen molar-refractivity contribution >= 4 is 35.5 Å². The number of rotatable bonds is 8. The first kappa shape index (κ1) is 20.6. The lowest BCUT2D eigenvalue weighted by molar-refractivity contribution is -0.148.